The van der Waals surface area contributed by atoms with Crippen molar-refractivity contribution in [2.75, 3.05) is 26.7 Å². The summed E-state index contributed by atoms with van der Waals surface area (Å²) in [5.41, 5.74) is 5.45. The largest absolute Gasteiger partial charge is 0.342 e. The maximum Gasteiger partial charge on any atom is 0.242 e. The predicted octanol–water partition coefficient (Wildman–Crippen LogP) is 0.975. The molecule has 0 heterocycles. The summed E-state index contributed by atoms with van der Waals surface area (Å²) in [6.07, 6.45) is 4.61. The molecule has 0 aromatic carbocycles. The van der Waals surface area contributed by atoms with Crippen LogP contribution in [-0.4, -0.2) is 53.8 Å². The number of hydrogen-bond acceptors (Lipinski definition) is 3. The Morgan fingerprint density at radius 1 is 1.11 bits per heavy atom. The molecule has 1 rings (SSSR count). The fraction of sp³-hybridized carbons (Fsp3) is 0.857. The highest BCUT2D eigenvalue weighted by molar-refractivity contribution is 5.90. The van der Waals surface area contributed by atoms with Crippen molar-refractivity contribution in [3.8, 4) is 0 Å². The molecule has 5 nitrogen and oxygen atoms in total. The van der Waals surface area contributed by atoms with Gasteiger partial charge in [0.2, 0.25) is 11.8 Å². The Balaban J connectivity index is 2.59. The maximum atomic E-state index is 12.4. The first-order valence-electron chi connectivity index (χ1n) is 7.26. The van der Waals surface area contributed by atoms with Gasteiger partial charge in [0.1, 0.15) is 0 Å². The first kappa shape index (κ1) is 16.0. The zero-order valence-electron chi connectivity index (χ0n) is 12.4. The van der Waals surface area contributed by atoms with Gasteiger partial charge in [0, 0.05) is 20.1 Å². The second kappa shape index (κ2) is 6.89. The molecule has 1 aliphatic rings. The van der Waals surface area contributed by atoms with E-state index in [1.807, 2.05) is 13.8 Å². The van der Waals surface area contributed by atoms with Crippen molar-refractivity contribution in [1.29, 1.82) is 0 Å². The SMILES string of the molecule is CCN(CC)C(=O)CN(C)C(=O)C1(N)CCCCC1. The molecule has 0 radical (unpaired) electrons. The molecule has 5 heteroatoms. The number of carbonyl (C=O) groups excluding carboxylic acids is 2. The molecule has 0 unspecified atom stereocenters. The van der Waals surface area contributed by atoms with Gasteiger partial charge in [-0.2, -0.15) is 0 Å². The van der Waals surface area contributed by atoms with Gasteiger partial charge in [-0.1, -0.05) is 19.3 Å². The van der Waals surface area contributed by atoms with E-state index in [-0.39, 0.29) is 18.4 Å². The molecule has 0 aromatic heterocycles. The van der Waals surface area contributed by atoms with Crippen molar-refractivity contribution in [2.24, 2.45) is 5.73 Å². The van der Waals surface area contributed by atoms with Crippen LogP contribution in [0.4, 0.5) is 0 Å². The predicted molar refractivity (Wildman–Crippen MR) is 75.6 cm³/mol. The molecule has 1 fully saturated rings. The average molecular weight is 269 g/mol. The van der Waals surface area contributed by atoms with Crippen LogP contribution in [-0.2, 0) is 9.59 Å². The van der Waals surface area contributed by atoms with Crippen molar-refractivity contribution in [1.82, 2.24) is 9.80 Å². The van der Waals surface area contributed by atoms with Gasteiger partial charge in [-0.15, -0.1) is 0 Å². The minimum atomic E-state index is -0.753. The molecule has 0 aliphatic heterocycles. The third-order valence-corrected chi connectivity index (χ3v) is 4.01. The Morgan fingerprint density at radius 2 is 1.63 bits per heavy atom. The molecular formula is C14H27N3O2. The van der Waals surface area contributed by atoms with Crippen molar-refractivity contribution < 1.29 is 9.59 Å². The summed E-state index contributed by atoms with van der Waals surface area (Å²) in [4.78, 5) is 27.6. The van der Waals surface area contributed by atoms with Gasteiger partial charge in [-0.05, 0) is 26.7 Å². The summed E-state index contributed by atoms with van der Waals surface area (Å²) in [6, 6.07) is 0. The zero-order valence-corrected chi connectivity index (χ0v) is 12.4. The molecule has 19 heavy (non-hydrogen) atoms. The van der Waals surface area contributed by atoms with Crippen LogP contribution in [0.5, 0.6) is 0 Å². The number of amides is 2. The fourth-order valence-corrected chi connectivity index (χ4v) is 2.73. The molecular weight excluding hydrogens is 242 g/mol. The van der Waals surface area contributed by atoms with Crippen LogP contribution in [0.3, 0.4) is 0 Å². The molecule has 0 atom stereocenters. The Kier molecular flexibility index (Phi) is 5.79. The summed E-state index contributed by atoms with van der Waals surface area (Å²) in [5.74, 6) is -0.104. The van der Waals surface area contributed by atoms with E-state index in [0.717, 1.165) is 32.1 Å². The lowest BCUT2D eigenvalue weighted by atomic mass is 9.81. The molecule has 110 valence electrons. The van der Waals surface area contributed by atoms with Crippen LogP contribution < -0.4 is 5.73 Å². The molecule has 1 aliphatic carbocycles. The van der Waals surface area contributed by atoms with Crippen LogP contribution in [0.1, 0.15) is 46.0 Å². The van der Waals surface area contributed by atoms with Gasteiger partial charge in [0.05, 0.1) is 12.1 Å². The van der Waals surface area contributed by atoms with Gasteiger partial charge in [0.25, 0.3) is 0 Å². The van der Waals surface area contributed by atoms with Gasteiger partial charge in [0.15, 0.2) is 0 Å². The van der Waals surface area contributed by atoms with Crippen LogP contribution in [0.2, 0.25) is 0 Å². The standard InChI is InChI=1S/C14H27N3O2/c1-4-17(5-2)12(18)11-16(3)13(19)14(15)9-7-6-8-10-14/h4-11,15H2,1-3H3. The van der Waals surface area contributed by atoms with E-state index in [1.165, 1.54) is 4.90 Å². The summed E-state index contributed by atoms with van der Waals surface area (Å²) < 4.78 is 0. The van der Waals surface area contributed by atoms with Crippen LogP contribution in [0.25, 0.3) is 0 Å². The van der Waals surface area contributed by atoms with E-state index in [4.69, 9.17) is 5.73 Å². The van der Waals surface area contributed by atoms with Crippen molar-refractivity contribution in [2.45, 2.75) is 51.5 Å². The van der Waals surface area contributed by atoms with Crippen molar-refractivity contribution in [3.63, 3.8) is 0 Å². The minimum absolute atomic E-state index is 0.0136. The van der Waals surface area contributed by atoms with E-state index in [0.29, 0.717) is 13.1 Å². The lowest BCUT2D eigenvalue weighted by Crippen LogP contribution is -2.56. The van der Waals surface area contributed by atoms with E-state index in [9.17, 15) is 9.59 Å². The Labute approximate surface area is 116 Å². The lowest BCUT2D eigenvalue weighted by molar-refractivity contribution is -0.143. The van der Waals surface area contributed by atoms with Crippen molar-refractivity contribution >= 4 is 11.8 Å². The van der Waals surface area contributed by atoms with Gasteiger partial charge >= 0.3 is 0 Å². The first-order valence-corrected chi connectivity index (χ1v) is 7.26. The molecule has 2 N–H and O–H groups in total. The third kappa shape index (κ3) is 3.93. The number of hydrogen-bond donors (Lipinski definition) is 1. The van der Waals surface area contributed by atoms with Crippen LogP contribution in [0, 0.1) is 0 Å². The highest BCUT2D eigenvalue weighted by Gasteiger charge is 2.37. The summed E-state index contributed by atoms with van der Waals surface area (Å²) in [6.45, 7) is 5.35. The smallest absolute Gasteiger partial charge is 0.242 e. The molecule has 1 saturated carbocycles. The minimum Gasteiger partial charge on any atom is -0.342 e. The van der Waals surface area contributed by atoms with Gasteiger partial charge < -0.3 is 15.5 Å². The van der Waals surface area contributed by atoms with E-state index < -0.39 is 5.54 Å². The number of nitrogens with two attached hydrogens (primary N) is 1. The zero-order chi connectivity index (χ0) is 14.5. The van der Waals surface area contributed by atoms with E-state index in [2.05, 4.69) is 0 Å². The third-order valence-electron chi connectivity index (χ3n) is 4.01. The Hall–Kier alpha value is -1.10. The van der Waals surface area contributed by atoms with Crippen molar-refractivity contribution in [3.05, 3.63) is 0 Å². The maximum absolute atomic E-state index is 12.4. The highest BCUT2D eigenvalue weighted by atomic mass is 16.2. The highest BCUT2D eigenvalue weighted by Crippen LogP contribution is 2.27. The summed E-state index contributed by atoms with van der Waals surface area (Å²) in [5, 5.41) is 0. The Bertz CT molecular complexity index is 321. The van der Waals surface area contributed by atoms with E-state index in [1.54, 1.807) is 11.9 Å². The molecule has 2 amide bonds. The number of rotatable bonds is 5. The second-order valence-corrected chi connectivity index (χ2v) is 5.44. The number of likely N-dealkylation sites (N-methyl/N-ethyl adjacent to an activating group) is 2. The number of nitrogens with zero attached hydrogens (tertiary/aromatic N) is 2. The summed E-state index contributed by atoms with van der Waals surface area (Å²) >= 11 is 0. The Morgan fingerprint density at radius 3 is 2.11 bits per heavy atom. The van der Waals surface area contributed by atoms with Gasteiger partial charge in [-0.3, -0.25) is 9.59 Å². The monoisotopic (exact) mass is 269 g/mol. The topological polar surface area (TPSA) is 66.6 Å². The second-order valence-electron chi connectivity index (χ2n) is 5.44. The van der Waals surface area contributed by atoms with E-state index >= 15 is 0 Å². The summed E-state index contributed by atoms with van der Waals surface area (Å²) in [7, 11) is 1.67. The average Bonchev–Trinajstić information content (AvgIpc) is 2.40. The fourth-order valence-electron chi connectivity index (χ4n) is 2.73. The number of carbonyl (C=O) groups is 2. The lowest BCUT2D eigenvalue weighted by Gasteiger charge is -2.35. The molecule has 0 saturated heterocycles. The van der Waals surface area contributed by atoms with Gasteiger partial charge in [-0.25, -0.2) is 0 Å². The molecule has 0 spiro atoms. The first-order chi connectivity index (χ1) is 8.94. The van der Waals surface area contributed by atoms with Crippen LogP contribution >= 0.6 is 0 Å². The quantitative estimate of drug-likeness (QED) is 0.809. The molecule has 0 aromatic rings. The molecule has 0 bridgehead atoms. The normalized spacial score (nSPS) is 17.9. The van der Waals surface area contributed by atoms with Crippen LogP contribution in [0.15, 0.2) is 0 Å².